The first kappa shape index (κ1) is 21.3. The fourth-order valence-electron chi connectivity index (χ4n) is 0.327. The SMILES string of the molecule is O=CC(O)CO.O=P(O)(O)OP(=O)(O)OP(=O)(O)O. The monoisotopic (exact) mass is 348 g/mol. The zero-order valence-corrected chi connectivity index (χ0v) is 11.5. The molecule has 0 fully saturated rings. The molecule has 13 nitrogen and oxygen atoms in total. The first-order valence-electron chi connectivity index (χ1n) is 3.83. The molecule has 1 atom stereocenters. The molecule has 0 aliphatic heterocycles. The lowest BCUT2D eigenvalue weighted by molar-refractivity contribution is -0.116. The summed E-state index contributed by atoms with van der Waals surface area (Å²) in [6, 6.07) is 0. The van der Waals surface area contributed by atoms with Gasteiger partial charge >= 0.3 is 23.5 Å². The van der Waals surface area contributed by atoms with Crippen molar-refractivity contribution in [1.82, 2.24) is 0 Å². The molecule has 0 rings (SSSR count). The van der Waals surface area contributed by atoms with Crippen molar-refractivity contribution in [2.75, 3.05) is 6.61 Å². The van der Waals surface area contributed by atoms with Crippen LogP contribution < -0.4 is 0 Å². The Kier molecular flexibility index (Phi) is 9.33. The van der Waals surface area contributed by atoms with Crippen LogP contribution in [0.1, 0.15) is 0 Å². The van der Waals surface area contributed by atoms with E-state index in [1.54, 1.807) is 0 Å². The Morgan fingerprint density at radius 2 is 1.26 bits per heavy atom. The van der Waals surface area contributed by atoms with E-state index in [9.17, 15) is 18.5 Å². The van der Waals surface area contributed by atoms with Crippen molar-refractivity contribution in [2.45, 2.75) is 6.10 Å². The van der Waals surface area contributed by atoms with Crippen LogP contribution in [-0.2, 0) is 27.1 Å². The van der Waals surface area contributed by atoms with Crippen molar-refractivity contribution in [3.05, 3.63) is 0 Å². The van der Waals surface area contributed by atoms with Gasteiger partial charge in [-0.3, -0.25) is 0 Å². The summed E-state index contributed by atoms with van der Waals surface area (Å²) in [6.07, 6.45) is -0.912. The second kappa shape index (κ2) is 8.32. The van der Waals surface area contributed by atoms with E-state index in [1.165, 1.54) is 0 Å². The molecule has 0 aromatic rings. The molecule has 0 heterocycles. The Morgan fingerprint density at radius 1 is 0.947 bits per heavy atom. The molecule has 19 heavy (non-hydrogen) atoms. The molecule has 1 unspecified atom stereocenters. The van der Waals surface area contributed by atoms with Crippen LogP contribution in [0.25, 0.3) is 0 Å². The van der Waals surface area contributed by atoms with Gasteiger partial charge in [0.1, 0.15) is 6.10 Å². The van der Waals surface area contributed by atoms with Crippen LogP contribution in [0.3, 0.4) is 0 Å². The molecule has 7 N–H and O–H groups in total. The van der Waals surface area contributed by atoms with Gasteiger partial charge < -0.3 is 39.5 Å². The number of carbonyl (C=O) groups is 1. The highest BCUT2D eigenvalue weighted by molar-refractivity contribution is 7.66. The fourth-order valence-corrected chi connectivity index (χ4v) is 2.86. The molecule has 0 saturated carbocycles. The average Bonchev–Trinajstić information content (AvgIpc) is 2.09. The van der Waals surface area contributed by atoms with Gasteiger partial charge in [-0.05, 0) is 0 Å². The summed E-state index contributed by atoms with van der Waals surface area (Å²) in [4.78, 5) is 49.5. The summed E-state index contributed by atoms with van der Waals surface area (Å²) in [5, 5.41) is 15.9. The van der Waals surface area contributed by atoms with E-state index in [0.29, 0.717) is 0 Å². The number of aliphatic hydroxyl groups excluding tert-OH is 2. The smallest absolute Gasteiger partial charge is 0.393 e. The Bertz CT molecular complexity index is 375. The molecule has 0 aliphatic rings. The third-order valence-corrected chi connectivity index (χ3v) is 4.12. The number of phosphoric acid groups is 3. The zero-order chi connectivity index (χ0) is 15.9. The van der Waals surface area contributed by atoms with Crippen molar-refractivity contribution in [1.29, 1.82) is 0 Å². The van der Waals surface area contributed by atoms with E-state index in [0.717, 1.165) is 0 Å². The molecule has 0 spiro atoms. The minimum Gasteiger partial charge on any atom is -0.393 e. The molecule has 0 radical (unpaired) electrons. The molecular weight excluding hydrogens is 337 g/mol. The molecule has 0 aromatic heterocycles. The maximum Gasteiger partial charge on any atom is 0.490 e. The van der Waals surface area contributed by atoms with Crippen LogP contribution in [0.2, 0.25) is 0 Å². The quantitative estimate of drug-likeness (QED) is 0.201. The topological polar surface area (TPSA) is 228 Å². The van der Waals surface area contributed by atoms with Crippen molar-refractivity contribution >= 4 is 29.8 Å². The normalized spacial score (nSPS) is 14.3. The van der Waals surface area contributed by atoms with Gasteiger partial charge in [0, 0.05) is 0 Å². The lowest BCUT2D eigenvalue weighted by atomic mass is 10.4. The van der Waals surface area contributed by atoms with Crippen molar-refractivity contribution in [3.8, 4) is 0 Å². The van der Waals surface area contributed by atoms with Gasteiger partial charge in [-0.2, -0.15) is 8.62 Å². The van der Waals surface area contributed by atoms with Gasteiger partial charge in [-0.1, -0.05) is 0 Å². The highest BCUT2D eigenvalue weighted by Crippen LogP contribution is 2.64. The summed E-state index contributed by atoms with van der Waals surface area (Å²) in [5.74, 6) is 0. The third-order valence-electron chi connectivity index (χ3n) is 0.763. The Hall–Kier alpha value is -0.0000000000000000416. The largest absolute Gasteiger partial charge is 0.490 e. The predicted octanol–water partition coefficient (Wildman–Crippen LogP) is -2.16. The molecule has 16 heteroatoms. The van der Waals surface area contributed by atoms with Gasteiger partial charge in [0.05, 0.1) is 6.61 Å². The minimum absolute atomic E-state index is 0.278. The maximum absolute atomic E-state index is 10.4. The van der Waals surface area contributed by atoms with Gasteiger partial charge in [0.15, 0.2) is 6.29 Å². The van der Waals surface area contributed by atoms with Crippen LogP contribution in [0.4, 0.5) is 0 Å². The second-order valence-electron chi connectivity index (χ2n) is 2.50. The highest BCUT2D eigenvalue weighted by atomic mass is 31.3. The van der Waals surface area contributed by atoms with Gasteiger partial charge in [-0.25, -0.2) is 13.7 Å². The van der Waals surface area contributed by atoms with Gasteiger partial charge in [0.25, 0.3) is 0 Å². The number of hydrogen-bond donors (Lipinski definition) is 7. The molecule has 0 aromatic carbocycles. The molecule has 116 valence electrons. The van der Waals surface area contributed by atoms with E-state index in [-0.39, 0.29) is 6.29 Å². The first-order valence-corrected chi connectivity index (χ1v) is 8.39. The van der Waals surface area contributed by atoms with Crippen molar-refractivity contribution < 1.29 is 61.8 Å². The standard InChI is InChI=1S/C3H6O3.H5O10P3/c4-1-3(6)2-5;1-11(2,3)9-13(7,8)10-12(4,5)6/h1,3,5-6H,2H2;(H,7,8)(H2,1,2,3)(H2,4,5,6). The van der Waals surface area contributed by atoms with E-state index < -0.39 is 36.2 Å². The van der Waals surface area contributed by atoms with Crippen molar-refractivity contribution in [2.24, 2.45) is 0 Å². The second-order valence-corrected chi connectivity index (χ2v) is 6.70. The first-order chi connectivity index (χ1) is 8.22. The maximum atomic E-state index is 10.4. The molecule has 0 amide bonds. The summed E-state index contributed by atoms with van der Waals surface area (Å²) >= 11 is 0. The number of aliphatic hydroxyl groups is 2. The molecule has 0 saturated heterocycles. The zero-order valence-electron chi connectivity index (χ0n) is 8.78. The number of carbonyl (C=O) groups excluding carboxylic acids is 1. The summed E-state index contributed by atoms with van der Waals surface area (Å²) in [6.45, 7) is -0.483. The Balaban J connectivity index is 0. The summed E-state index contributed by atoms with van der Waals surface area (Å²) < 4.78 is 36.4. The number of aldehydes is 1. The summed E-state index contributed by atoms with van der Waals surface area (Å²) in [5.41, 5.74) is 0. The summed E-state index contributed by atoms with van der Waals surface area (Å²) in [7, 11) is -16.2. The van der Waals surface area contributed by atoms with Crippen LogP contribution in [0.15, 0.2) is 0 Å². The molecule has 0 bridgehead atoms. The van der Waals surface area contributed by atoms with Crippen LogP contribution in [0, 0.1) is 0 Å². The molecule has 0 aliphatic carbocycles. The van der Waals surface area contributed by atoms with Crippen LogP contribution in [0.5, 0.6) is 0 Å². The Labute approximate surface area is 105 Å². The lowest BCUT2D eigenvalue weighted by Crippen LogP contribution is -2.12. The predicted molar refractivity (Wildman–Crippen MR) is 55.2 cm³/mol. The van der Waals surface area contributed by atoms with E-state index >= 15 is 0 Å². The van der Waals surface area contributed by atoms with Gasteiger partial charge in [0.2, 0.25) is 0 Å². The van der Waals surface area contributed by atoms with Gasteiger partial charge in [-0.15, -0.1) is 0 Å². The van der Waals surface area contributed by atoms with E-state index in [1.807, 2.05) is 0 Å². The third kappa shape index (κ3) is 18.0. The molecular formula is C3H11O13P3. The van der Waals surface area contributed by atoms with Crippen molar-refractivity contribution in [3.63, 3.8) is 0 Å². The van der Waals surface area contributed by atoms with Crippen LogP contribution >= 0.6 is 23.5 Å². The Morgan fingerprint density at radius 3 is 1.37 bits per heavy atom. The average molecular weight is 348 g/mol. The number of hydrogen-bond acceptors (Lipinski definition) is 8. The fraction of sp³-hybridized carbons (Fsp3) is 0.667. The van der Waals surface area contributed by atoms with E-state index in [2.05, 4.69) is 8.62 Å². The highest BCUT2D eigenvalue weighted by Gasteiger charge is 2.38. The van der Waals surface area contributed by atoms with E-state index in [4.69, 9.17) is 34.7 Å². The number of rotatable bonds is 6. The minimum atomic E-state index is -5.46. The van der Waals surface area contributed by atoms with Crippen LogP contribution in [-0.4, -0.2) is 53.7 Å². The lowest BCUT2D eigenvalue weighted by Gasteiger charge is -2.11.